The lowest BCUT2D eigenvalue weighted by Gasteiger charge is -2.27. The lowest BCUT2D eigenvalue weighted by atomic mass is 10.2. The van der Waals surface area contributed by atoms with Crippen molar-refractivity contribution in [1.29, 1.82) is 0 Å². The van der Waals surface area contributed by atoms with Crippen molar-refractivity contribution in [3.8, 4) is 0 Å². The molecule has 1 aromatic rings. The van der Waals surface area contributed by atoms with Crippen LogP contribution >= 0.6 is 0 Å². The van der Waals surface area contributed by atoms with E-state index in [-0.39, 0.29) is 11.9 Å². The van der Waals surface area contributed by atoms with E-state index in [1.165, 1.54) is 5.69 Å². The van der Waals surface area contributed by atoms with Crippen LogP contribution in [0.25, 0.3) is 0 Å². The molecule has 0 aliphatic rings. The van der Waals surface area contributed by atoms with Crippen molar-refractivity contribution in [3.05, 3.63) is 24.0 Å². The summed E-state index contributed by atoms with van der Waals surface area (Å²) in [6.07, 6.45) is 3.57. The molecule has 0 saturated carbocycles. The summed E-state index contributed by atoms with van der Waals surface area (Å²) in [5.41, 5.74) is 1.18. The van der Waals surface area contributed by atoms with Gasteiger partial charge in [0.1, 0.15) is 0 Å². The smallest absolute Gasteiger partial charge is 0.223 e. The van der Waals surface area contributed by atoms with E-state index in [0.717, 1.165) is 6.42 Å². The molecule has 1 aromatic heterocycles. The van der Waals surface area contributed by atoms with E-state index in [9.17, 15) is 4.79 Å². The molecule has 3 heteroatoms. The fraction of sp³-hybridized carbons (Fsp3) is 0.615. The van der Waals surface area contributed by atoms with Gasteiger partial charge in [-0.1, -0.05) is 6.92 Å². The highest BCUT2D eigenvalue weighted by Gasteiger charge is 2.17. The van der Waals surface area contributed by atoms with Crippen LogP contribution in [0.15, 0.2) is 18.3 Å². The number of aryl methyl sites for hydroxylation is 1. The van der Waals surface area contributed by atoms with Crippen molar-refractivity contribution in [1.82, 2.24) is 9.47 Å². The van der Waals surface area contributed by atoms with Crippen LogP contribution in [0, 0.1) is 0 Å². The van der Waals surface area contributed by atoms with E-state index >= 15 is 0 Å². The summed E-state index contributed by atoms with van der Waals surface area (Å²) < 4.78 is 2.06. The molecule has 1 heterocycles. The molecule has 1 rings (SSSR count). The Kier molecular flexibility index (Phi) is 4.59. The third-order valence-electron chi connectivity index (χ3n) is 2.79. The second-order valence-electron chi connectivity index (χ2n) is 4.48. The number of carbonyl (C=O) groups is 1. The maximum Gasteiger partial charge on any atom is 0.223 e. The predicted octanol–water partition coefficient (Wildman–Crippen LogP) is 2.56. The molecule has 0 aliphatic heterocycles. The molecular formula is C13H22N2O. The molecule has 0 atom stereocenters. The molecular weight excluding hydrogens is 200 g/mol. The molecule has 0 spiro atoms. The Morgan fingerprint density at radius 3 is 2.62 bits per heavy atom. The van der Waals surface area contributed by atoms with Gasteiger partial charge in [-0.3, -0.25) is 4.79 Å². The largest absolute Gasteiger partial charge is 0.353 e. The van der Waals surface area contributed by atoms with Gasteiger partial charge >= 0.3 is 0 Å². The average Bonchev–Trinajstić information content (AvgIpc) is 2.60. The number of carbonyl (C=O) groups excluding carboxylic acids is 1. The monoisotopic (exact) mass is 222 g/mol. The summed E-state index contributed by atoms with van der Waals surface area (Å²) in [5.74, 6) is 0.249. The zero-order valence-electron chi connectivity index (χ0n) is 10.7. The van der Waals surface area contributed by atoms with Gasteiger partial charge in [0.15, 0.2) is 0 Å². The highest BCUT2D eigenvalue weighted by atomic mass is 16.2. The Morgan fingerprint density at radius 1 is 1.50 bits per heavy atom. The predicted molar refractivity (Wildman–Crippen MR) is 66.0 cm³/mol. The van der Waals surface area contributed by atoms with Crippen LogP contribution in [-0.2, 0) is 18.4 Å². The second-order valence-corrected chi connectivity index (χ2v) is 4.48. The molecule has 0 fully saturated rings. The maximum atomic E-state index is 11.9. The summed E-state index contributed by atoms with van der Waals surface area (Å²) in [6, 6.07) is 4.33. The first-order valence-corrected chi connectivity index (χ1v) is 5.96. The normalized spacial score (nSPS) is 10.8. The molecule has 3 nitrogen and oxygen atoms in total. The van der Waals surface area contributed by atoms with Gasteiger partial charge in [0.25, 0.3) is 0 Å². The van der Waals surface area contributed by atoms with Gasteiger partial charge in [-0.2, -0.15) is 0 Å². The van der Waals surface area contributed by atoms with Crippen molar-refractivity contribution >= 4 is 5.91 Å². The van der Waals surface area contributed by atoms with Gasteiger partial charge in [0.2, 0.25) is 5.91 Å². The lowest BCUT2D eigenvalue weighted by Crippen LogP contribution is -2.36. The van der Waals surface area contributed by atoms with Crippen LogP contribution in [0.5, 0.6) is 0 Å². The van der Waals surface area contributed by atoms with Crippen LogP contribution in [0.1, 0.15) is 39.3 Å². The first kappa shape index (κ1) is 12.8. The van der Waals surface area contributed by atoms with Crippen LogP contribution in [-0.4, -0.2) is 21.4 Å². The number of hydrogen-bond acceptors (Lipinski definition) is 1. The Balaban J connectivity index is 2.72. The molecule has 1 amide bonds. The second kappa shape index (κ2) is 5.73. The number of nitrogens with zero attached hydrogens (tertiary/aromatic N) is 2. The summed E-state index contributed by atoms with van der Waals surface area (Å²) in [7, 11) is 2.01. The molecule has 0 unspecified atom stereocenters. The van der Waals surface area contributed by atoms with E-state index in [4.69, 9.17) is 0 Å². The minimum absolute atomic E-state index is 0.249. The Hall–Kier alpha value is -1.25. The molecule has 0 radical (unpaired) electrons. The quantitative estimate of drug-likeness (QED) is 0.751. The fourth-order valence-electron chi connectivity index (χ4n) is 1.75. The first-order chi connectivity index (χ1) is 7.56. The molecule has 0 saturated heterocycles. The zero-order chi connectivity index (χ0) is 12.1. The molecule has 0 aliphatic carbocycles. The number of aromatic nitrogens is 1. The summed E-state index contributed by atoms with van der Waals surface area (Å²) in [5, 5.41) is 0. The van der Waals surface area contributed by atoms with Gasteiger partial charge in [0, 0.05) is 31.4 Å². The first-order valence-electron chi connectivity index (χ1n) is 5.96. The minimum Gasteiger partial charge on any atom is -0.353 e. The van der Waals surface area contributed by atoms with Gasteiger partial charge < -0.3 is 9.47 Å². The van der Waals surface area contributed by atoms with E-state index in [1.807, 2.05) is 31.1 Å². The van der Waals surface area contributed by atoms with Gasteiger partial charge in [0.05, 0.1) is 6.54 Å². The maximum absolute atomic E-state index is 11.9. The number of amides is 1. The lowest BCUT2D eigenvalue weighted by molar-refractivity contribution is -0.133. The van der Waals surface area contributed by atoms with E-state index < -0.39 is 0 Å². The van der Waals surface area contributed by atoms with E-state index in [0.29, 0.717) is 13.0 Å². The van der Waals surface area contributed by atoms with Crippen molar-refractivity contribution < 1.29 is 4.79 Å². The molecule has 0 aromatic carbocycles. The molecule has 0 bridgehead atoms. The minimum atomic E-state index is 0.249. The van der Waals surface area contributed by atoms with Crippen LogP contribution in [0.3, 0.4) is 0 Å². The van der Waals surface area contributed by atoms with Crippen LogP contribution in [0.4, 0.5) is 0 Å². The number of rotatable bonds is 5. The average molecular weight is 222 g/mol. The van der Waals surface area contributed by atoms with E-state index in [2.05, 4.69) is 24.5 Å². The van der Waals surface area contributed by atoms with E-state index in [1.54, 1.807) is 0 Å². The van der Waals surface area contributed by atoms with Crippen LogP contribution in [0.2, 0.25) is 0 Å². The molecule has 90 valence electrons. The SMILES string of the molecule is CCCC(=O)N(Cc1cccn1C)C(C)C. The number of hydrogen-bond donors (Lipinski definition) is 0. The van der Waals surface area contributed by atoms with Gasteiger partial charge in [-0.25, -0.2) is 0 Å². The topological polar surface area (TPSA) is 25.2 Å². The summed E-state index contributed by atoms with van der Waals surface area (Å²) in [6.45, 7) is 6.88. The molecule has 16 heavy (non-hydrogen) atoms. The third kappa shape index (κ3) is 3.12. The standard InChI is InChI=1S/C13H22N2O/c1-5-7-13(16)15(11(2)3)10-12-8-6-9-14(12)4/h6,8-9,11H,5,7,10H2,1-4H3. The fourth-order valence-corrected chi connectivity index (χ4v) is 1.75. The van der Waals surface area contributed by atoms with Crippen molar-refractivity contribution in [2.24, 2.45) is 7.05 Å². The summed E-state index contributed by atoms with van der Waals surface area (Å²) in [4.78, 5) is 13.9. The third-order valence-corrected chi connectivity index (χ3v) is 2.79. The highest BCUT2D eigenvalue weighted by molar-refractivity contribution is 5.76. The highest BCUT2D eigenvalue weighted by Crippen LogP contribution is 2.10. The van der Waals surface area contributed by atoms with Crippen molar-refractivity contribution in [2.75, 3.05) is 0 Å². The molecule has 0 N–H and O–H groups in total. The van der Waals surface area contributed by atoms with Gasteiger partial charge in [-0.15, -0.1) is 0 Å². The summed E-state index contributed by atoms with van der Waals surface area (Å²) >= 11 is 0. The Bertz CT molecular complexity index is 341. The van der Waals surface area contributed by atoms with Gasteiger partial charge in [-0.05, 0) is 32.4 Å². The van der Waals surface area contributed by atoms with Crippen molar-refractivity contribution in [2.45, 2.75) is 46.2 Å². The Labute approximate surface area is 98.1 Å². The van der Waals surface area contributed by atoms with Crippen molar-refractivity contribution in [3.63, 3.8) is 0 Å². The Morgan fingerprint density at radius 2 is 2.19 bits per heavy atom. The zero-order valence-corrected chi connectivity index (χ0v) is 10.7. The van der Waals surface area contributed by atoms with Crippen LogP contribution < -0.4 is 0 Å².